The molecule has 1 aliphatic rings. The summed E-state index contributed by atoms with van der Waals surface area (Å²) in [5, 5.41) is 12.1. The fourth-order valence-electron chi connectivity index (χ4n) is 9.68. The van der Waals surface area contributed by atoms with Crippen molar-refractivity contribution in [3.8, 4) is 33.6 Å². The number of hydrogen-bond acceptors (Lipinski definition) is 1. The Morgan fingerprint density at radius 3 is 1.92 bits per heavy atom. The number of para-hydroxylation sites is 2. The molecular weight excluding hydrogens is 645 g/mol. The molecule has 0 fully saturated rings. The largest absolute Gasteiger partial charge is 0.455 e. The van der Waals surface area contributed by atoms with E-state index in [-0.39, 0.29) is 0 Å². The molecule has 1 aliphatic carbocycles. The van der Waals surface area contributed by atoms with Crippen molar-refractivity contribution < 1.29 is 4.42 Å². The molecule has 9 aromatic carbocycles. The van der Waals surface area contributed by atoms with E-state index in [0.717, 1.165) is 49.7 Å². The van der Waals surface area contributed by atoms with E-state index in [2.05, 4.69) is 179 Å². The Labute approximate surface area is 303 Å². The molecule has 12 aromatic rings. The predicted octanol–water partition coefficient (Wildman–Crippen LogP) is 13.7. The average molecular weight is 673 g/mol. The zero-order valence-electron chi connectivity index (χ0n) is 28.5. The molecule has 0 aliphatic heterocycles. The van der Waals surface area contributed by atoms with Crippen molar-refractivity contribution in [3.63, 3.8) is 0 Å². The first-order valence-corrected chi connectivity index (χ1v) is 18.3. The van der Waals surface area contributed by atoms with E-state index in [9.17, 15) is 0 Å². The summed E-state index contributed by atoms with van der Waals surface area (Å²) < 4.78 is 11.9. The number of nitrogens with zero attached hydrogens (tertiary/aromatic N) is 2. The first-order valence-electron chi connectivity index (χ1n) is 18.3. The van der Waals surface area contributed by atoms with Crippen molar-refractivity contribution in [2.24, 2.45) is 0 Å². The van der Waals surface area contributed by atoms with Gasteiger partial charge in [0.15, 0.2) is 0 Å². The summed E-state index contributed by atoms with van der Waals surface area (Å²) in [5.74, 6) is 0. The van der Waals surface area contributed by atoms with Crippen molar-refractivity contribution in [2.75, 3.05) is 0 Å². The van der Waals surface area contributed by atoms with E-state index in [1.54, 1.807) is 0 Å². The monoisotopic (exact) mass is 672 g/mol. The summed E-state index contributed by atoms with van der Waals surface area (Å²) >= 11 is 0. The summed E-state index contributed by atoms with van der Waals surface area (Å²) in [5.41, 5.74) is 14.0. The molecule has 13 rings (SSSR count). The van der Waals surface area contributed by atoms with E-state index < -0.39 is 0 Å². The van der Waals surface area contributed by atoms with Gasteiger partial charge in [0.25, 0.3) is 0 Å². The van der Waals surface area contributed by atoms with Crippen LogP contribution in [0.25, 0.3) is 121 Å². The molecule has 3 heteroatoms. The molecule has 3 aromatic heterocycles. The molecule has 0 atom stereocenters. The lowest BCUT2D eigenvalue weighted by molar-refractivity contribution is 0.673. The van der Waals surface area contributed by atoms with E-state index in [4.69, 9.17) is 4.42 Å². The van der Waals surface area contributed by atoms with Crippen LogP contribution in [0.5, 0.6) is 0 Å². The number of rotatable bonds is 2. The van der Waals surface area contributed by atoms with Gasteiger partial charge in [0.2, 0.25) is 0 Å². The molecule has 0 bridgehead atoms. The van der Waals surface area contributed by atoms with Crippen molar-refractivity contribution in [1.82, 2.24) is 9.13 Å². The molecule has 53 heavy (non-hydrogen) atoms. The average Bonchev–Trinajstić information content (AvgIpc) is 3.95. The van der Waals surface area contributed by atoms with Crippen LogP contribution in [0.15, 0.2) is 174 Å². The van der Waals surface area contributed by atoms with Crippen LogP contribution < -0.4 is 0 Å². The summed E-state index contributed by atoms with van der Waals surface area (Å²) in [4.78, 5) is 0. The Balaban J connectivity index is 1.27. The van der Waals surface area contributed by atoms with Crippen molar-refractivity contribution in [2.45, 2.75) is 0 Å². The van der Waals surface area contributed by atoms with Crippen molar-refractivity contribution >= 4 is 87.1 Å². The van der Waals surface area contributed by atoms with Gasteiger partial charge < -0.3 is 13.6 Å². The topological polar surface area (TPSA) is 23.0 Å². The third kappa shape index (κ3) is 3.44. The number of fused-ring (bicyclic) bond motifs is 15. The maximum atomic E-state index is 6.90. The molecule has 0 amide bonds. The lowest BCUT2D eigenvalue weighted by Crippen LogP contribution is -1.96. The molecular formula is C50H28N2O. The van der Waals surface area contributed by atoms with Gasteiger partial charge in [0.05, 0.1) is 33.1 Å². The van der Waals surface area contributed by atoms with E-state index in [1.807, 2.05) is 0 Å². The van der Waals surface area contributed by atoms with Crippen LogP contribution in [0.3, 0.4) is 0 Å². The Bertz CT molecular complexity index is 3570. The van der Waals surface area contributed by atoms with Gasteiger partial charge in [-0.15, -0.1) is 0 Å². The van der Waals surface area contributed by atoms with Gasteiger partial charge in [-0.25, -0.2) is 0 Å². The Morgan fingerprint density at radius 2 is 1.02 bits per heavy atom. The highest BCUT2D eigenvalue weighted by Crippen LogP contribution is 2.50. The fraction of sp³-hybridized carbons (Fsp3) is 0. The van der Waals surface area contributed by atoms with E-state index >= 15 is 0 Å². The van der Waals surface area contributed by atoms with E-state index in [1.165, 1.54) is 71.0 Å². The Hall–Kier alpha value is -7.10. The van der Waals surface area contributed by atoms with Crippen LogP contribution in [0.1, 0.15) is 0 Å². The van der Waals surface area contributed by atoms with Gasteiger partial charge in [0, 0.05) is 38.0 Å². The molecule has 3 nitrogen and oxygen atoms in total. The quantitative estimate of drug-likeness (QED) is 0.179. The fourth-order valence-corrected chi connectivity index (χ4v) is 9.68. The van der Waals surface area contributed by atoms with Crippen LogP contribution in [0.4, 0.5) is 0 Å². The van der Waals surface area contributed by atoms with Gasteiger partial charge >= 0.3 is 0 Å². The van der Waals surface area contributed by atoms with Gasteiger partial charge in [-0.1, -0.05) is 121 Å². The van der Waals surface area contributed by atoms with Gasteiger partial charge in [-0.05, 0) is 86.9 Å². The summed E-state index contributed by atoms with van der Waals surface area (Å²) in [6.45, 7) is 0. The first kappa shape index (κ1) is 27.6. The molecule has 244 valence electrons. The van der Waals surface area contributed by atoms with Crippen LogP contribution in [0, 0.1) is 0 Å². The second-order valence-electron chi connectivity index (χ2n) is 14.4. The second-order valence-corrected chi connectivity index (χ2v) is 14.4. The molecule has 0 saturated carbocycles. The van der Waals surface area contributed by atoms with Crippen molar-refractivity contribution in [3.05, 3.63) is 170 Å². The molecule has 0 spiro atoms. The number of benzene rings is 9. The highest BCUT2D eigenvalue weighted by atomic mass is 16.3. The van der Waals surface area contributed by atoms with Crippen LogP contribution in [-0.4, -0.2) is 9.13 Å². The Morgan fingerprint density at radius 1 is 0.358 bits per heavy atom. The van der Waals surface area contributed by atoms with Crippen LogP contribution in [0.2, 0.25) is 0 Å². The summed E-state index contributed by atoms with van der Waals surface area (Å²) in [6, 6.07) is 62.2. The minimum atomic E-state index is 0.904. The minimum Gasteiger partial charge on any atom is -0.455 e. The SMILES string of the molecule is c1ccc2c(c1)-c1cccc3cc(-n4c5ccccc5c5ccc6c(c7c8oc9ccccc9c8ccc7n6-c6cccc7ccccc67)c54)cc-2c13. The predicted molar refractivity (Wildman–Crippen MR) is 222 cm³/mol. The summed E-state index contributed by atoms with van der Waals surface area (Å²) in [7, 11) is 0. The zero-order valence-corrected chi connectivity index (χ0v) is 28.5. The number of hydrogen-bond donors (Lipinski definition) is 0. The molecule has 3 heterocycles. The molecule has 0 N–H and O–H groups in total. The van der Waals surface area contributed by atoms with Gasteiger partial charge in [0.1, 0.15) is 11.2 Å². The van der Waals surface area contributed by atoms with Crippen LogP contribution >= 0.6 is 0 Å². The van der Waals surface area contributed by atoms with Gasteiger partial charge in [-0.3, -0.25) is 0 Å². The molecule has 0 unspecified atom stereocenters. The molecule has 0 saturated heterocycles. The summed E-state index contributed by atoms with van der Waals surface area (Å²) in [6.07, 6.45) is 0. The smallest absolute Gasteiger partial charge is 0.145 e. The third-order valence-corrected chi connectivity index (χ3v) is 11.8. The minimum absolute atomic E-state index is 0.904. The van der Waals surface area contributed by atoms with Gasteiger partial charge in [-0.2, -0.15) is 0 Å². The lowest BCUT2D eigenvalue weighted by Gasteiger charge is -2.13. The van der Waals surface area contributed by atoms with Crippen LogP contribution in [-0.2, 0) is 0 Å². The highest BCUT2D eigenvalue weighted by Gasteiger charge is 2.26. The number of aromatic nitrogens is 2. The Kier molecular flexibility index (Phi) is 5.11. The highest BCUT2D eigenvalue weighted by molar-refractivity contribution is 6.32. The maximum absolute atomic E-state index is 6.90. The van der Waals surface area contributed by atoms with E-state index in [0.29, 0.717) is 0 Å². The zero-order chi connectivity index (χ0) is 34.4. The first-order chi connectivity index (χ1) is 26.3. The molecule has 0 radical (unpaired) electrons. The lowest BCUT2D eigenvalue weighted by atomic mass is 10.0. The number of furan rings is 1. The second kappa shape index (κ2) is 9.81. The third-order valence-electron chi connectivity index (χ3n) is 11.8. The normalized spacial score (nSPS) is 12.5. The maximum Gasteiger partial charge on any atom is 0.145 e. The standard InChI is InChI=1S/C50H28N2O/c1-2-14-32-29(11-1)12-10-21-41(32)52-43-25-23-38-35-17-5-7-20-42(35)51(31-27-30-13-9-19-37-33-15-3-4-16-34(33)40(28-31)46(30)37)49(38)47(43)48-44(52)26-24-39-36-18-6-8-22-45(36)53-50(39)48/h1-28H. The van der Waals surface area contributed by atoms with Crippen molar-refractivity contribution in [1.29, 1.82) is 0 Å².